The average molecular weight is 305 g/mol. The number of para-hydroxylation sites is 2. The molecule has 1 aromatic heterocycles. The van der Waals surface area contributed by atoms with Gasteiger partial charge < -0.3 is 5.73 Å². The summed E-state index contributed by atoms with van der Waals surface area (Å²) in [6.45, 7) is 1.80. The molecule has 0 radical (unpaired) electrons. The summed E-state index contributed by atoms with van der Waals surface area (Å²) in [5, 5.41) is 2.54. The molecule has 3 rings (SSSR count). The van der Waals surface area contributed by atoms with Crippen molar-refractivity contribution in [3.63, 3.8) is 0 Å². The highest BCUT2D eigenvalue weighted by Gasteiger charge is 2.08. The predicted molar refractivity (Wildman–Crippen MR) is 89.5 cm³/mol. The van der Waals surface area contributed by atoms with Gasteiger partial charge in [0.1, 0.15) is 0 Å². The molecule has 1 heterocycles. The van der Waals surface area contributed by atoms with Crippen LogP contribution in [-0.4, -0.2) is 21.8 Å². The van der Waals surface area contributed by atoms with E-state index in [0.717, 1.165) is 11.0 Å². The molecule has 0 aliphatic heterocycles. The van der Waals surface area contributed by atoms with Crippen molar-refractivity contribution in [2.24, 2.45) is 10.7 Å². The molecule has 0 fully saturated rings. The standard InChI is InChI=1S/C17H15N5O/c1-11-15(20-14-10-6-5-9-13(14)19-11)21-17(18)22-16(23)12-7-3-2-4-8-12/h2-10H,1H3,(H3,18,20,21,22,23). The molecule has 0 bridgehead atoms. The second-order valence-corrected chi connectivity index (χ2v) is 4.94. The molecule has 2 aromatic carbocycles. The maximum absolute atomic E-state index is 12.0. The number of benzene rings is 2. The van der Waals surface area contributed by atoms with Crippen LogP contribution in [0.5, 0.6) is 0 Å². The van der Waals surface area contributed by atoms with E-state index in [-0.39, 0.29) is 11.9 Å². The van der Waals surface area contributed by atoms with Crippen LogP contribution in [0.3, 0.4) is 0 Å². The van der Waals surface area contributed by atoms with E-state index >= 15 is 0 Å². The van der Waals surface area contributed by atoms with E-state index in [2.05, 4.69) is 20.3 Å². The molecule has 6 heteroatoms. The van der Waals surface area contributed by atoms with Crippen LogP contribution in [0, 0.1) is 6.92 Å². The van der Waals surface area contributed by atoms with E-state index in [4.69, 9.17) is 5.73 Å². The Morgan fingerprint density at radius 3 is 2.30 bits per heavy atom. The number of aryl methyl sites for hydroxylation is 1. The smallest absolute Gasteiger partial charge is 0.257 e. The lowest BCUT2D eigenvalue weighted by Crippen LogP contribution is -2.36. The number of rotatable bonds is 2. The van der Waals surface area contributed by atoms with Crippen molar-refractivity contribution in [2.45, 2.75) is 6.92 Å². The first-order valence-corrected chi connectivity index (χ1v) is 7.07. The van der Waals surface area contributed by atoms with Gasteiger partial charge >= 0.3 is 0 Å². The Bertz CT molecular complexity index is 890. The fourth-order valence-corrected chi connectivity index (χ4v) is 2.10. The number of amides is 1. The van der Waals surface area contributed by atoms with Gasteiger partial charge in [0.05, 0.1) is 16.7 Å². The van der Waals surface area contributed by atoms with E-state index < -0.39 is 0 Å². The van der Waals surface area contributed by atoms with Gasteiger partial charge in [0.25, 0.3) is 5.91 Å². The van der Waals surface area contributed by atoms with Crippen molar-refractivity contribution < 1.29 is 4.79 Å². The van der Waals surface area contributed by atoms with Gasteiger partial charge in [-0.1, -0.05) is 30.3 Å². The predicted octanol–water partition coefficient (Wildman–Crippen LogP) is 2.31. The van der Waals surface area contributed by atoms with E-state index in [0.29, 0.717) is 17.1 Å². The van der Waals surface area contributed by atoms with Crippen molar-refractivity contribution in [1.82, 2.24) is 15.3 Å². The number of aromatic nitrogens is 2. The van der Waals surface area contributed by atoms with Gasteiger partial charge in [-0.2, -0.15) is 4.99 Å². The minimum absolute atomic E-state index is 0.0217. The maximum atomic E-state index is 12.0. The zero-order valence-electron chi connectivity index (χ0n) is 12.5. The van der Waals surface area contributed by atoms with Crippen LogP contribution in [0.2, 0.25) is 0 Å². The molecule has 0 saturated heterocycles. The highest BCUT2D eigenvalue weighted by Crippen LogP contribution is 2.18. The van der Waals surface area contributed by atoms with Crippen molar-refractivity contribution >= 4 is 28.7 Å². The van der Waals surface area contributed by atoms with Gasteiger partial charge in [0.2, 0.25) is 5.96 Å². The van der Waals surface area contributed by atoms with Crippen LogP contribution < -0.4 is 11.1 Å². The summed E-state index contributed by atoms with van der Waals surface area (Å²) in [5.74, 6) is 0.0411. The lowest BCUT2D eigenvalue weighted by molar-refractivity contribution is 0.0976. The first-order chi connectivity index (χ1) is 11.1. The minimum Gasteiger partial charge on any atom is -0.369 e. The molecule has 1 amide bonds. The number of carbonyl (C=O) groups is 1. The van der Waals surface area contributed by atoms with E-state index in [9.17, 15) is 4.79 Å². The summed E-state index contributed by atoms with van der Waals surface area (Å²) in [7, 11) is 0. The number of nitrogens with one attached hydrogen (secondary N) is 1. The highest BCUT2D eigenvalue weighted by molar-refractivity contribution is 6.05. The Labute approximate surface area is 133 Å². The van der Waals surface area contributed by atoms with Crippen LogP contribution >= 0.6 is 0 Å². The lowest BCUT2D eigenvalue weighted by atomic mass is 10.2. The molecule has 0 spiro atoms. The quantitative estimate of drug-likeness (QED) is 0.561. The molecule has 23 heavy (non-hydrogen) atoms. The molecule has 0 saturated carbocycles. The first-order valence-electron chi connectivity index (χ1n) is 7.07. The van der Waals surface area contributed by atoms with E-state index in [1.807, 2.05) is 30.3 Å². The Kier molecular flexibility index (Phi) is 3.97. The number of guanidine groups is 1. The second-order valence-electron chi connectivity index (χ2n) is 4.94. The third kappa shape index (κ3) is 3.32. The van der Waals surface area contributed by atoms with E-state index in [1.165, 1.54) is 0 Å². The molecular formula is C17H15N5O. The van der Waals surface area contributed by atoms with Gasteiger partial charge in [0.15, 0.2) is 5.82 Å². The SMILES string of the molecule is Cc1nc2ccccc2nc1N=C(N)NC(=O)c1ccccc1. The van der Waals surface area contributed by atoms with Crippen molar-refractivity contribution in [2.75, 3.05) is 0 Å². The number of nitrogens with zero attached hydrogens (tertiary/aromatic N) is 3. The number of carbonyl (C=O) groups excluding carboxylic acids is 1. The number of aliphatic imine (C=N–C) groups is 1. The zero-order chi connectivity index (χ0) is 16.2. The summed E-state index contributed by atoms with van der Waals surface area (Å²) in [5.41, 5.74) is 8.46. The molecule has 3 N–H and O–H groups in total. The largest absolute Gasteiger partial charge is 0.369 e. The van der Waals surface area contributed by atoms with Crippen LogP contribution in [-0.2, 0) is 0 Å². The minimum atomic E-state index is -0.321. The molecule has 6 nitrogen and oxygen atoms in total. The summed E-state index contributed by atoms with van der Waals surface area (Å²) < 4.78 is 0. The Hall–Kier alpha value is -3.28. The summed E-state index contributed by atoms with van der Waals surface area (Å²) >= 11 is 0. The maximum Gasteiger partial charge on any atom is 0.257 e. The first kappa shape index (κ1) is 14.6. The molecule has 0 unspecified atom stereocenters. The normalized spacial score (nSPS) is 11.4. The van der Waals surface area contributed by atoms with Gasteiger partial charge in [-0.05, 0) is 31.2 Å². The van der Waals surface area contributed by atoms with Gasteiger partial charge in [-0.3, -0.25) is 10.1 Å². The highest BCUT2D eigenvalue weighted by atomic mass is 16.1. The number of nitrogens with two attached hydrogens (primary N) is 1. The Balaban J connectivity index is 1.86. The van der Waals surface area contributed by atoms with Crippen molar-refractivity contribution in [1.29, 1.82) is 0 Å². The molecular weight excluding hydrogens is 290 g/mol. The number of hydrogen-bond donors (Lipinski definition) is 2. The average Bonchev–Trinajstić information content (AvgIpc) is 2.56. The van der Waals surface area contributed by atoms with Crippen LogP contribution in [0.25, 0.3) is 11.0 Å². The fourth-order valence-electron chi connectivity index (χ4n) is 2.10. The summed E-state index contributed by atoms with van der Waals surface area (Å²) in [6.07, 6.45) is 0. The molecule has 3 aromatic rings. The Morgan fingerprint density at radius 1 is 1.00 bits per heavy atom. The summed E-state index contributed by atoms with van der Waals surface area (Å²) in [4.78, 5) is 25.0. The summed E-state index contributed by atoms with van der Waals surface area (Å²) in [6, 6.07) is 16.3. The monoisotopic (exact) mass is 305 g/mol. The number of fused-ring (bicyclic) bond motifs is 1. The molecule has 0 aliphatic rings. The molecule has 0 aliphatic carbocycles. The Morgan fingerprint density at radius 2 is 1.61 bits per heavy atom. The second kappa shape index (κ2) is 6.23. The van der Waals surface area contributed by atoms with Crippen molar-refractivity contribution in [3.8, 4) is 0 Å². The van der Waals surface area contributed by atoms with E-state index in [1.54, 1.807) is 31.2 Å². The van der Waals surface area contributed by atoms with Crippen molar-refractivity contribution in [3.05, 3.63) is 65.9 Å². The van der Waals surface area contributed by atoms with Crippen LogP contribution in [0.4, 0.5) is 5.82 Å². The van der Waals surface area contributed by atoms with Crippen LogP contribution in [0.1, 0.15) is 16.1 Å². The van der Waals surface area contributed by atoms with Gasteiger partial charge in [0, 0.05) is 5.56 Å². The molecule has 114 valence electrons. The number of hydrogen-bond acceptors (Lipinski definition) is 4. The van der Waals surface area contributed by atoms with Gasteiger partial charge in [-0.25, -0.2) is 9.97 Å². The topological polar surface area (TPSA) is 93.3 Å². The lowest BCUT2D eigenvalue weighted by Gasteiger charge is -2.06. The third-order valence-corrected chi connectivity index (χ3v) is 3.22. The van der Waals surface area contributed by atoms with Gasteiger partial charge in [-0.15, -0.1) is 0 Å². The van der Waals surface area contributed by atoms with Crippen LogP contribution in [0.15, 0.2) is 59.6 Å². The fraction of sp³-hybridized carbons (Fsp3) is 0.0588. The zero-order valence-corrected chi connectivity index (χ0v) is 12.5. The third-order valence-electron chi connectivity index (χ3n) is 3.22. The molecule has 0 atom stereocenters.